The van der Waals surface area contributed by atoms with Crippen molar-refractivity contribution in [3.05, 3.63) is 36.0 Å². The number of phenolic OH excluding ortho intramolecular Hbond substituents is 1. The van der Waals surface area contributed by atoms with Crippen LogP contribution in [0.3, 0.4) is 0 Å². The fraction of sp³-hybridized carbons (Fsp3) is 0.286. The van der Waals surface area contributed by atoms with Crippen molar-refractivity contribution < 1.29 is 9.90 Å². The smallest absolute Gasteiger partial charge is 0.271 e. The number of carbonyl (C=O) groups excluding carboxylic acids is 1. The van der Waals surface area contributed by atoms with Gasteiger partial charge in [0.05, 0.1) is 5.69 Å². The summed E-state index contributed by atoms with van der Waals surface area (Å²) in [5.74, 6) is 2.09. The molecule has 1 aliphatic heterocycles. The minimum Gasteiger partial charge on any atom is -0.507 e. The highest BCUT2D eigenvalue weighted by atomic mass is 32.2. The number of amides is 1. The van der Waals surface area contributed by atoms with Crippen LogP contribution in [0.25, 0.3) is 11.3 Å². The molecule has 0 spiro atoms. The summed E-state index contributed by atoms with van der Waals surface area (Å²) in [6, 6.07) is 8.65. The number of nitrogens with zero attached hydrogens (tertiary/aromatic N) is 2. The van der Waals surface area contributed by atoms with Crippen molar-refractivity contribution >= 4 is 17.7 Å². The quantitative estimate of drug-likeness (QED) is 0.887. The number of nitrogens with one attached hydrogen (secondary N) is 1. The van der Waals surface area contributed by atoms with E-state index in [4.69, 9.17) is 0 Å². The van der Waals surface area contributed by atoms with E-state index in [1.165, 1.54) is 0 Å². The van der Waals surface area contributed by atoms with Gasteiger partial charge in [-0.15, -0.1) is 0 Å². The van der Waals surface area contributed by atoms with E-state index in [-0.39, 0.29) is 11.7 Å². The second-order valence-corrected chi connectivity index (χ2v) is 5.81. The Bertz CT molecular complexity index is 620. The Morgan fingerprint density at radius 3 is 2.80 bits per heavy atom. The molecule has 5 nitrogen and oxygen atoms in total. The number of thioether (sulfide) groups is 1. The first kappa shape index (κ1) is 13.1. The van der Waals surface area contributed by atoms with Gasteiger partial charge in [-0.05, 0) is 18.2 Å². The molecule has 6 heteroatoms. The zero-order chi connectivity index (χ0) is 13.9. The molecule has 0 unspecified atom stereocenters. The van der Waals surface area contributed by atoms with Gasteiger partial charge in [0.1, 0.15) is 11.4 Å². The van der Waals surface area contributed by atoms with Gasteiger partial charge in [-0.2, -0.15) is 16.9 Å². The Morgan fingerprint density at radius 1 is 1.30 bits per heavy atom. The molecule has 1 aromatic heterocycles. The number of aromatic amines is 1. The van der Waals surface area contributed by atoms with Crippen LogP contribution in [-0.4, -0.2) is 50.7 Å². The number of para-hydroxylation sites is 1. The highest BCUT2D eigenvalue weighted by Gasteiger charge is 2.20. The number of rotatable bonds is 2. The minimum absolute atomic E-state index is 0.0283. The fourth-order valence-corrected chi connectivity index (χ4v) is 3.10. The van der Waals surface area contributed by atoms with Crippen molar-refractivity contribution in [3.8, 4) is 17.0 Å². The van der Waals surface area contributed by atoms with E-state index in [2.05, 4.69) is 10.2 Å². The molecule has 3 rings (SSSR count). The van der Waals surface area contributed by atoms with Gasteiger partial charge in [-0.1, -0.05) is 12.1 Å². The first-order chi connectivity index (χ1) is 9.75. The molecule has 2 aromatic rings. The summed E-state index contributed by atoms with van der Waals surface area (Å²) < 4.78 is 0. The predicted octanol–water partition coefficient (Wildman–Crippen LogP) is 1.97. The third-order valence-electron chi connectivity index (χ3n) is 3.29. The summed E-state index contributed by atoms with van der Waals surface area (Å²) in [6.45, 7) is 1.54. The van der Waals surface area contributed by atoms with Crippen molar-refractivity contribution in [3.63, 3.8) is 0 Å². The SMILES string of the molecule is O=C(c1cc(-c2ccccc2O)n[nH]1)N1CCSCC1. The van der Waals surface area contributed by atoms with Gasteiger partial charge in [0, 0.05) is 30.2 Å². The Morgan fingerprint density at radius 2 is 2.05 bits per heavy atom. The van der Waals surface area contributed by atoms with E-state index in [1.54, 1.807) is 24.3 Å². The maximum absolute atomic E-state index is 12.3. The number of carbonyl (C=O) groups is 1. The molecule has 1 aliphatic rings. The van der Waals surface area contributed by atoms with Crippen molar-refractivity contribution in [1.29, 1.82) is 0 Å². The van der Waals surface area contributed by atoms with E-state index in [9.17, 15) is 9.90 Å². The van der Waals surface area contributed by atoms with Gasteiger partial charge in [-0.3, -0.25) is 9.89 Å². The predicted molar refractivity (Wildman–Crippen MR) is 78.9 cm³/mol. The molecule has 0 aliphatic carbocycles. The molecule has 1 fully saturated rings. The lowest BCUT2D eigenvalue weighted by molar-refractivity contribution is 0.0766. The minimum atomic E-state index is -0.0283. The molecule has 0 atom stereocenters. The van der Waals surface area contributed by atoms with Crippen LogP contribution in [0.1, 0.15) is 10.5 Å². The maximum atomic E-state index is 12.3. The summed E-state index contributed by atoms with van der Waals surface area (Å²) >= 11 is 1.86. The first-order valence-electron chi connectivity index (χ1n) is 6.46. The van der Waals surface area contributed by atoms with Crippen LogP contribution >= 0.6 is 11.8 Å². The first-order valence-corrected chi connectivity index (χ1v) is 7.62. The third-order valence-corrected chi connectivity index (χ3v) is 4.23. The average molecular weight is 289 g/mol. The maximum Gasteiger partial charge on any atom is 0.271 e. The average Bonchev–Trinajstić information content (AvgIpc) is 2.97. The van der Waals surface area contributed by atoms with E-state index in [0.29, 0.717) is 17.0 Å². The molecule has 104 valence electrons. The van der Waals surface area contributed by atoms with E-state index in [1.807, 2.05) is 22.7 Å². The Balaban J connectivity index is 1.83. The highest BCUT2D eigenvalue weighted by Crippen LogP contribution is 2.27. The monoisotopic (exact) mass is 289 g/mol. The van der Waals surface area contributed by atoms with Crippen molar-refractivity contribution in [2.24, 2.45) is 0 Å². The highest BCUT2D eigenvalue weighted by molar-refractivity contribution is 7.99. The normalized spacial score (nSPS) is 15.3. The molecule has 1 saturated heterocycles. The lowest BCUT2D eigenvalue weighted by Crippen LogP contribution is -2.38. The number of phenols is 1. The van der Waals surface area contributed by atoms with Gasteiger partial charge >= 0.3 is 0 Å². The van der Waals surface area contributed by atoms with Crippen LogP contribution in [0.15, 0.2) is 30.3 Å². The number of hydrogen-bond donors (Lipinski definition) is 2. The molecular formula is C14H15N3O2S. The lowest BCUT2D eigenvalue weighted by Gasteiger charge is -2.25. The summed E-state index contributed by atoms with van der Waals surface area (Å²) in [4.78, 5) is 14.1. The fourth-order valence-electron chi connectivity index (χ4n) is 2.20. The summed E-state index contributed by atoms with van der Waals surface area (Å²) in [7, 11) is 0. The number of H-pyrrole nitrogens is 1. The molecule has 0 radical (unpaired) electrons. The Kier molecular flexibility index (Phi) is 3.64. The molecule has 20 heavy (non-hydrogen) atoms. The molecular weight excluding hydrogens is 274 g/mol. The van der Waals surface area contributed by atoms with E-state index >= 15 is 0 Å². The van der Waals surface area contributed by atoms with Crippen LogP contribution < -0.4 is 0 Å². The molecule has 1 aromatic carbocycles. The summed E-state index contributed by atoms with van der Waals surface area (Å²) in [6.07, 6.45) is 0. The van der Waals surface area contributed by atoms with Crippen LogP contribution in [0.5, 0.6) is 5.75 Å². The van der Waals surface area contributed by atoms with Crippen LogP contribution in [-0.2, 0) is 0 Å². The van der Waals surface area contributed by atoms with E-state index < -0.39 is 0 Å². The zero-order valence-corrected chi connectivity index (χ0v) is 11.7. The largest absolute Gasteiger partial charge is 0.507 e. The number of aromatic nitrogens is 2. The topological polar surface area (TPSA) is 69.2 Å². The standard InChI is InChI=1S/C14H15N3O2S/c18-13-4-2-1-3-10(13)11-9-12(16-15-11)14(19)17-5-7-20-8-6-17/h1-4,9,18H,5-8H2,(H,15,16). The summed E-state index contributed by atoms with van der Waals surface area (Å²) in [5, 5.41) is 16.7. The Hall–Kier alpha value is -1.95. The van der Waals surface area contributed by atoms with Crippen LogP contribution in [0, 0.1) is 0 Å². The summed E-state index contributed by atoms with van der Waals surface area (Å²) in [5.41, 5.74) is 1.67. The second-order valence-electron chi connectivity index (χ2n) is 4.59. The van der Waals surface area contributed by atoms with Gasteiger partial charge < -0.3 is 10.0 Å². The molecule has 0 saturated carbocycles. The van der Waals surface area contributed by atoms with E-state index in [0.717, 1.165) is 24.6 Å². The van der Waals surface area contributed by atoms with Gasteiger partial charge in [0.15, 0.2) is 0 Å². The molecule has 2 N–H and O–H groups in total. The third kappa shape index (κ3) is 2.51. The van der Waals surface area contributed by atoms with Crippen molar-refractivity contribution in [1.82, 2.24) is 15.1 Å². The van der Waals surface area contributed by atoms with Gasteiger partial charge in [0.25, 0.3) is 5.91 Å². The molecule has 1 amide bonds. The Labute approximate surface area is 121 Å². The van der Waals surface area contributed by atoms with Gasteiger partial charge in [-0.25, -0.2) is 0 Å². The molecule has 0 bridgehead atoms. The van der Waals surface area contributed by atoms with Crippen LogP contribution in [0.4, 0.5) is 0 Å². The number of aromatic hydroxyl groups is 1. The molecule has 2 heterocycles. The van der Waals surface area contributed by atoms with Crippen LogP contribution in [0.2, 0.25) is 0 Å². The zero-order valence-electron chi connectivity index (χ0n) is 10.9. The van der Waals surface area contributed by atoms with Crippen molar-refractivity contribution in [2.75, 3.05) is 24.6 Å². The lowest BCUT2D eigenvalue weighted by atomic mass is 10.1. The second kappa shape index (κ2) is 5.58. The number of hydrogen-bond acceptors (Lipinski definition) is 4. The van der Waals surface area contributed by atoms with Gasteiger partial charge in [0.2, 0.25) is 0 Å². The van der Waals surface area contributed by atoms with Crippen molar-refractivity contribution in [2.45, 2.75) is 0 Å². The number of benzene rings is 1.